The number of hydrogen-bond donors (Lipinski definition) is 1. The van der Waals surface area contributed by atoms with Gasteiger partial charge in [-0.1, -0.05) is 22.0 Å². The number of hydrogen-bond acceptors (Lipinski definition) is 3. The van der Waals surface area contributed by atoms with Crippen LogP contribution in [-0.4, -0.2) is 25.8 Å². The van der Waals surface area contributed by atoms with Crippen molar-refractivity contribution in [2.24, 2.45) is 5.92 Å². The average molecular weight is 318 g/mol. The van der Waals surface area contributed by atoms with E-state index in [1.54, 1.807) is 12.1 Å². The lowest BCUT2D eigenvalue weighted by atomic mass is 10.1. The van der Waals surface area contributed by atoms with Crippen molar-refractivity contribution in [3.05, 3.63) is 28.7 Å². The number of rotatable bonds is 2. The number of carbonyl (C=O) groups is 1. The first kappa shape index (κ1) is 12.6. The third-order valence-electron chi connectivity index (χ3n) is 2.70. The van der Waals surface area contributed by atoms with E-state index in [2.05, 4.69) is 21.2 Å². The van der Waals surface area contributed by atoms with Crippen LogP contribution in [0, 0.1) is 5.92 Å². The Labute approximate surface area is 108 Å². The van der Waals surface area contributed by atoms with E-state index in [1.165, 1.54) is 0 Å². The number of sulfone groups is 1. The molecule has 0 aliphatic carbocycles. The van der Waals surface area contributed by atoms with Crippen LogP contribution in [0.5, 0.6) is 0 Å². The summed E-state index contributed by atoms with van der Waals surface area (Å²) in [5.74, 6) is -0.556. The van der Waals surface area contributed by atoms with Crippen molar-refractivity contribution in [1.82, 2.24) is 0 Å². The highest BCUT2D eigenvalue weighted by Crippen LogP contribution is 2.21. The lowest BCUT2D eigenvalue weighted by Gasteiger charge is -2.09. The van der Waals surface area contributed by atoms with Crippen LogP contribution in [0.3, 0.4) is 0 Å². The monoisotopic (exact) mass is 317 g/mol. The first-order valence-corrected chi connectivity index (χ1v) is 7.84. The Balaban J connectivity index is 2.03. The van der Waals surface area contributed by atoms with Crippen LogP contribution < -0.4 is 5.32 Å². The van der Waals surface area contributed by atoms with Crippen LogP contribution >= 0.6 is 15.9 Å². The number of amides is 1. The minimum atomic E-state index is -3.01. The topological polar surface area (TPSA) is 63.2 Å². The van der Waals surface area contributed by atoms with Gasteiger partial charge in [-0.25, -0.2) is 8.42 Å². The molecule has 1 saturated heterocycles. The predicted octanol–water partition coefficient (Wildman–Crippen LogP) is 1.82. The van der Waals surface area contributed by atoms with Crippen LogP contribution in [0.4, 0.5) is 5.69 Å². The van der Waals surface area contributed by atoms with Crippen LogP contribution in [0.25, 0.3) is 0 Å². The van der Waals surface area contributed by atoms with Gasteiger partial charge in [-0.15, -0.1) is 0 Å². The largest absolute Gasteiger partial charge is 0.326 e. The number of benzene rings is 1. The van der Waals surface area contributed by atoms with Gasteiger partial charge in [0.15, 0.2) is 9.84 Å². The van der Waals surface area contributed by atoms with E-state index in [4.69, 9.17) is 0 Å². The normalized spacial score (nSPS) is 22.3. The zero-order valence-electron chi connectivity index (χ0n) is 9.02. The summed E-state index contributed by atoms with van der Waals surface area (Å²) in [5, 5.41) is 2.73. The van der Waals surface area contributed by atoms with E-state index in [9.17, 15) is 13.2 Å². The molecule has 1 atom stereocenters. The Morgan fingerprint density at radius 2 is 2.18 bits per heavy atom. The van der Waals surface area contributed by atoms with E-state index in [0.29, 0.717) is 12.1 Å². The average Bonchev–Trinajstić information content (AvgIpc) is 2.59. The quantitative estimate of drug-likeness (QED) is 0.905. The summed E-state index contributed by atoms with van der Waals surface area (Å²) < 4.78 is 23.4. The molecule has 0 saturated carbocycles. The second-order valence-corrected chi connectivity index (χ2v) is 7.24. The fraction of sp³-hybridized carbons (Fsp3) is 0.364. The minimum absolute atomic E-state index is 0.0349. The van der Waals surface area contributed by atoms with Gasteiger partial charge in [-0.05, 0) is 24.6 Å². The Bertz CT molecular complexity index is 541. The smallest absolute Gasteiger partial charge is 0.228 e. The van der Waals surface area contributed by atoms with Gasteiger partial charge in [0, 0.05) is 10.2 Å². The van der Waals surface area contributed by atoms with Crippen molar-refractivity contribution in [1.29, 1.82) is 0 Å². The van der Waals surface area contributed by atoms with Gasteiger partial charge in [-0.2, -0.15) is 0 Å². The van der Waals surface area contributed by atoms with Crippen molar-refractivity contribution >= 4 is 37.4 Å². The molecule has 1 aliphatic rings. The molecule has 0 bridgehead atoms. The van der Waals surface area contributed by atoms with Gasteiger partial charge < -0.3 is 5.32 Å². The summed E-state index contributed by atoms with van der Waals surface area (Å²) in [7, 11) is -3.01. The zero-order chi connectivity index (χ0) is 12.5. The van der Waals surface area contributed by atoms with Gasteiger partial charge in [0.25, 0.3) is 0 Å². The summed E-state index contributed by atoms with van der Waals surface area (Å²) in [6.07, 6.45) is 0.419. The highest BCUT2D eigenvalue weighted by molar-refractivity contribution is 9.10. The summed E-state index contributed by atoms with van der Waals surface area (Å²) in [4.78, 5) is 11.8. The maximum absolute atomic E-state index is 11.8. The second kappa shape index (κ2) is 4.78. The van der Waals surface area contributed by atoms with Gasteiger partial charge in [0.1, 0.15) is 0 Å². The van der Waals surface area contributed by atoms with E-state index in [-0.39, 0.29) is 17.4 Å². The molecular formula is C11H12BrNO3S. The molecule has 92 valence electrons. The number of halogens is 1. The Morgan fingerprint density at radius 1 is 1.41 bits per heavy atom. The molecule has 4 nitrogen and oxygen atoms in total. The molecule has 0 unspecified atom stereocenters. The van der Waals surface area contributed by atoms with Gasteiger partial charge in [-0.3, -0.25) is 4.79 Å². The Hall–Kier alpha value is -0.880. The van der Waals surface area contributed by atoms with Crippen molar-refractivity contribution in [3.63, 3.8) is 0 Å². The number of nitrogens with one attached hydrogen (secondary N) is 1. The molecule has 1 aromatic carbocycles. The molecular weight excluding hydrogens is 306 g/mol. The first-order chi connectivity index (χ1) is 7.96. The summed E-state index contributed by atoms with van der Waals surface area (Å²) >= 11 is 3.31. The first-order valence-electron chi connectivity index (χ1n) is 5.23. The molecule has 17 heavy (non-hydrogen) atoms. The SMILES string of the molecule is O=C(Nc1cccc(Br)c1)[C@H]1CCS(=O)(=O)C1. The second-order valence-electron chi connectivity index (χ2n) is 4.10. The molecule has 1 N–H and O–H groups in total. The number of carbonyl (C=O) groups excluding carboxylic acids is 1. The van der Waals surface area contributed by atoms with Crippen LogP contribution in [-0.2, 0) is 14.6 Å². The molecule has 1 aromatic rings. The van der Waals surface area contributed by atoms with E-state index >= 15 is 0 Å². The van der Waals surface area contributed by atoms with Gasteiger partial charge in [0.2, 0.25) is 5.91 Å². The van der Waals surface area contributed by atoms with E-state index in [0.717, 1.165) is 4.47 Å². The highest BCUT2D eigenvalue weighted by atomic mass is 79.9. The molecule has 0 spiro atoms. The molecule has 6 heteroatoms. The number of anilines is 1. The van der Waals surface area contributed by atoms with Crippen molar-refractivity contribution in [2.75, 3.05) is 16.8 Å². The standard InChI is InChI=1S/C11H12BrNO3S/c12-9-2-1-3-10(6-9)13-11(14)8-4-5-17(15,16)7-8/h1-3,6,8H,4-5,7H2,(H,13,14)/t8-/m0/s1. The Kier molecular flexibility index (Phi) is 3.53. The molecule has 1 heterocycles. The molecule has 1 fully saturated rings. The maximum atomic E-state index is 11.8. The molecule has 0 aromatic heterocycles. The fourth-order valence-corrected chi connectivity index (χ4v) is 3.95. The van der Waals surface area contributed by atoms with Crippen molar-refractivity contribution in [2.45, 2.75) is 6.42 Å². The zero-order valence-corrected chi connectivity index (χ0v) is 11.4. The molecule has 1 amide bonds. The lowest BCUT2D eigenvalue weighted by molar-refractivity contribution is -0.119. The Morgan fingerprint density at radius 3 is 2.76 bits per heavy atom. The third kappa shape index (κ3) is 3.29. The van der Waals surface area contributed by atoms with Gasteiger partial charge >= 0.3 is 0 Å². The summed E-state index contributed by atoms with van der Waals surface area (Å²) in [5.41, 5.74) is 0.675. The predicted molar refractivity (Wildman–Crippen MR) is 69.5 cm³/mol. The fourth-order valence-electron chi connectivity index (χ4n) is 1.81. The molecule has 2 rings (SSSR count). The van der Waals surface area contributed by atoms with E-state index < -0.39 is 15.8 Å². The van der Waals surface area contributed by atoms with Crippen LogP contribution in [0.15, 0.2) is 28.7 Å². The molecule has 0 radical (unpaired) electrons. The lowest BCUT2D eigenvalue weighted by Crippen LogP contribution is -2.23. The van der Waals surface area contributed by atoms with E-state index in [1.807, 2.05) is 12.1 Å². The minimum Gasteiger partial charge on any atom is -0.326 e. The van der Waals surface area contributed by atoms with Crippen LogP contribution in [0.2, 0.25) is 0 Å². The summed E-state index contributed by atoms with van der Waals surface area (Å²) in [6.45, 7) is 0. The van der Waals surface area contributed by atoms with Crippen molar-refractivity contribution in [3.8, 4) is 0 Å². The van der Waals surface area contributed by atoms with Crippen LogP contribution in [0.1, 0.15) is 6.42 Å². The molecule has 1 aliphatic heterocycles. The van der Waals surface area contributed by atoms with Crippen molar-refractivity contribution < 1.29 is 13.2 Å². The maximum Gasteiger partial charge on any atom is 0.228 e. The highest BCUT2D eigenvalue weighted by Gasteiger charge is 2.32. The van der Waals surface area contributed by atoms with Gasteiger partial charge in [0.05, 0.1) is 17.4 Å². The summed E-state index contributed by atoms with van der Waals surface area (Å²) in [6, 6.07) is 7.22. The third-order valence-corrected chi connectivity index (χ3v) is 4.96.